The van der Waals surface area contributed by atoms with E-state index < -0.39 is 0 Å². The van der Waals surface area contributed by atoms with E-state index >= 15 is 0 Å². The van der Waals surface area contributed by atoms with E-state index in [-0.39, 0.29) is 23.6 Å². The van der Waals surface area contributed by atoms with Gasteiger partial charge in [0.2, 0.25) is 0 Å². The highest BCUT2D eigenvalue weighted by atomic mass is 35.5. The highest BCUT2D eigenvalue weighted by Gasteiger charge is 2.44. The number of carbonyl (C=O) groups excluding carboxylic acids is 2. The van der Waals surface area contributed by atoms with Crippen molar-refractivity contribution in [2.75, 3.05) is 16.8 Å². The number of nitrogens with zero attached hydrogens (tertiary/aromatic N) is 2. The molecule has 2 aliphatic heterocycles. The Bertz CT molecular complexity index is 918. The van der Waals surface area contributed by atoms with Crippen LogP contribution in [0.25, 0.3) is 0 Å². The maximum absolute atomic E-state index is 12.8. The Balaban J connectivity index is 1.56. The average molecular weight is 404 g/mol. The summed E-state index contributed by atoms with van der Waals surface area (Å²) in [5.74, 6) is 0.479. The lowest BCUT2D eigenvalue weighted by Gasteiger charge is -2.28. The Morgan fingerprint density at radius 1 is 1.30 bits per heavy atom. The van der Waals surface area contributed by atoms with Crippen LogP contribution in [0.3, 0.4) is 0 Å². The summed E-state index contributed by atoms with van der Waals surface area (Å²) in [6.07, 6.45) is 2.86. The fraction of sp³-hybridized carbons (Fsp3) is 0.316. The number of rotatable bonds is 3. The smallest absolute Gasteiger partial charge is 0.291 e. The number of hydrogen-bond acceptors (Lipinski definition) is 4. The molecule has 2 fully saturated rings. The molecule has 1 unspecified atom stereocenters. The molecule has 0 spiro atoms. The first-order valence-electron chi connectivity index (χ1n) is 8.77. The van der Waals surface area contributed by atoms with Gasteiger partial charge < -0.3 is 14.6 Å². The summed E-state index contributed by atoms with van der Waals surface area (Å²) in [6.45, 7) is 2.56. The summed E-state index contributed by atoms with van der Waals surface area (Å²) in [5, 5.41) is 3.58. The highest BCUT2D eigenvalue weighted by molar-refractivity contribution is 7.80. The lowest BCUT2D eigenvalue weighted by Crippen LogP contribution is -2.38. The zero-order valence-electron chi connectivity index (χ0n) is 14.7. The van der Waals surface area contributed by atoms with Crippen molar-refractivity contribution < 1.29 is 14.0 Å². The molecule has 2 amide bonds. The highest BCUT2D eigenvalue weighted by Crippen LogP contribution is 2.36. The van der Waals surface area contributed by atoms with Crippen molar-refractivity contribution in [1.29, 1.82) is 0 Å². The number of furan rings is 1. The van der Waals surface area contributed by atoms with E-state index in [2.05, 4.69) is 5.32 Å². The number of benzene rings is 1. The van der Waals surface area contributed by atoms with E-state index in [4.69, 9.17) is 28.2 Å². The molecular weight excluding hydrogens is 386 g/mol. The molecule has 0 aliphatic carbocycles. The number of nitrogens with one attached hydrogen (secondary N) is 1. The number of fused-ring (bicyclic) bond motifs is 1. The molecule has 8 heteroatoms. The molecule has 2 saturated heterocycles. The summed E-state index contributed by atoms with van der Waals surface area (Å²) < 4.78 is 5.31. The van der Waals surface area contributed by atoms with Crippen molar-refractivity contribution in [3.05, 3.63) is 46.9 Å². The molecule has 0 saturated carbocycles. The molecule has 2 aliphatic rings. The minimum absolute atomic E-state index is 0.0375. The molecule has 1 N–H and O–H groups in total. The molecule has 27 heavy (non-hydrogen) atoms. The zero-order valence-corrected chi connectivity index (χ0v) is 16.3. The van der Waals surface area contributed by atoms with Crippen LogP contribution in [0.4, 0.5) is 11.4 Å². The van der Waals surface area contributed by atoms with E-state index in [1.54, 1.807) is 37.3 Å². The van der Waals surface area contributed by atoms with Crippen LogP contribution < -0.4 is 10.2 Å². The summed E-state index contributed by atoms with van der Waals surface area (Å²) in [5.41, 5.74) is 1.05. The van der Waals surface area contributed by atoms with Crippen molar-refractivity contribution in [3.8, 4) is 0 Å². The molecule has 6 nitrogen and oxygen atoms in total. The Labute approximate surface area is 167 Å². The molecule has 4 rings (SSSR count). The lowest BCUT2D eigenvalue weighted by atomic mass is 10.0. The fourth-order valence-corrected chi connectivity index (χ4v) is 4.20. The SMILES string of the molecule is Cc1ccc(C(=O)Nc2ccc(N3C(=O)C4CCCCN4C3=S)c(Cl)c2)o1. The van der Waals surface area contributed by atoms with Gasteiger partial charge >= 0.3 is 0 Å². The molecular formula is C19H18ClN3O3S. The minimum atomic E-state index is -0.364. The second-order valence-electron chi connectivity index (χ2n) is 6.69. The van der Waals surface area contributed by atoms with Gasteiger partial charge in [0.05, 0.1) is 10.7 Å². The lowest BCUT2D eigenvalue weighted by molar-refractivity contribution is -0.120. The van der Waals surface area contributed by atoms with Gasteiger partial charge in [-0.25, -0.2) is 0 Å². The molecule has 1 aromatic heterocycles. The van der Waals surface area contributed by atoms with Gasteiger partial charge in [-0.2, -0.15) is 0 Å². The number of piperidine rings is 1. The average Bonchev–Trinajstić information content (AvgIpc) is 3.19. The van der Waals surface area contributed by atoms with Crippen LogP contribution in [0.15, 0.2) is 34.7 Å². The first-order valence-corrected chi connectivity index (χ1v) is 9.56. The van der Waals surface area contributed by atoms with Gasteiger partial charge in [0, 0.05) is 12.2 Å². The summed E-state index contributed by atoms with van der Waals surface area (Å²) in [7, 11) is 0. The van der Waals surface area contributed by atoms with Gasteiger partial charge in [-0.1, -0.05) is 11.6 Å². The normalized spacial score (nSPS) is 19.4. The van der Waals surface area contributed by atoms with Crippen LogP contribution in [-0.4, -0.2) is 34.4 Å². The third-order valence-electron chi connectivity index (χ3n) is 4.86. The van der Waals surface area contributed by atoms with Crippen LogP contribution in [0.1, 0.15) is 35.6 Å². The molecule has 1 atom stereocenters. The molecule has 0 bridgehead atoms. The molecule has 140 valence electrons. The van der Waals surface area contributed by atoms with Gasteiger partial charge in [0.1, 0.15) is 11.8 Å². The molecule has 1 aromatic carbocycles. The first kappa shape index (κ1) is 18.0. The number of hydrogen-bond donors (Lipinski definition) is 1. The summed E-state index contributed by atoms with van der Waals surface area (Å²) in [4.78, 5) is 28.5. The van der Waals surface area contributed by atoms with Crippen molar-refractivity contribution in [2.24, 2.45) is 0 Å². The summed E-state index contributed by atoms with van der Waals surface area (Å²) in [6, 6.07) is 8.15. The van der Waals surface area contributed by atoms with Crippen molar-refractivity contribution in [1.82, 2.24) is 4.90 Å². The van der Waals surface area contributed by atoms with E-state index in [0.29, 0.717) is 27.3 Å². The summed E-state index contributed by atoms with van der Waals surface area (Å²) >= 11 is 11.9. The quantitative estimate of drug-likeness (QED) is 0.785. The van der Waals surface area contributed by atoms with Gasteiger partial charge in [-0.05, 0) is 68.7 Å². The van der Waals surface area contributed by atoms with Crippen LogP contribution in [0, 0.1) is 6.92 Å². The number of aryl methyl sites for hydroxylation is 1. The number of thiocarbonyl (C=S) groups is 1. The number of carbonyl (C=O) groups is 2. The fourth-order valence-electron chi connectivity index (χ4n) is 3.53. The Morgan fingerprint density at radius 3 is 2.78 bits per heavy atom. The van der Waals surface area contributed by atoms with Crippen molar-refractivity contribution in [2.45, 2.75) is 32.2 Å². The monoisotopic (exact) mass is 403 g/mol. The van der Waals surface area contributed by atoms with Crippen LogP contribution in [0.2, 0.25) is 5.02 Å². The number of halogens is 1. The largest absolute Gasteiger partial charge is 0.456 e. The van der Waals surface area contributed by atoms with Crippen LogP contribution in [-0.2, 0) is 4.79 Å². The van der Waals surface area contributed by atoms with Gasteiger partial charge in [-0.3, -0.25) is 14.5 Å². The third-order valence-corrected chi connectivity index (χ3v) is 5.58. The van der Waals surface area contributed by atoms with Crippen molar-refractivity contribution in [3.63, 3.8) is 0 Å². The zero-order chi connectivity index (χ0) is 19.1. The van der Waals surface area contributed by atoms with Crippen molar-refractivity contribution >= 4 is 52.1 Å². The van der Waals surface area contributed by atoms with Crippen LogP contribution >= 0.6 is 23.8 Å². The van der Waals surface area contributed by atoms with Gasteiger partial charge in [0.15, 0.2) is 10.9 Å². The van der Waals surface area contributed by atoms with E-state index in [0.717, 1.165) is 25.8 Å². The van der Waals surface area contributed by atoms with E-state index in [1.807, 2.05) is 4.90 Å². The van der Waals surface area contributed by atoms with E-state index in [9.17, 15) is 9.59 Å². The third kappa shape index (κ3) is 3.21. The first-order chi connectivity index (χ1) is 13.0. The Kier molecular flexibility index (Phi) is 4.65. The van der Waals surface area contributed by atoms with Gasteiger partial charge in [-0.15, -0.1) is 0 Å². The Hall–Kier alpha value is -2.38. The predicted octanol–water partition coefficient (Wildman–Crippen LogP) is 3.98. The van der Waals surface area contributed by atoms with E-state index in [1.165, 1.54) is 4.90 Å². The molecule has 3 heterocycles. The second-order valence-corrected chi connectivity index (χ2v) is 7.46. The topological polar surface area (TPSA) is 65.8 Å². The van der Waals surface area contributed by atoms with Gasteiger partial charge in [0.25, 0.3) is 11.8 Å². The molecule has 2 aromatic rings. The maximum Gasteiger partial charge on any atom is 0.291 e. The maximum atomic E-state index is 12.8. The Morgan fingerprint density at radius 2 is 2.11 bits per heavy atom. The van der Waals surface area contributed by atoms with Crippen LogP contribution in [0.5, 0.6) is 0 Å². The molecule has 0 radical (unpaired) electrons. The minimum Gasteiger partial charge on any atom is -0.456 e. The second kappa shape index (κ2) is 6.98. The predicted molar refractivity (Wildman–Crippen MR) is 107 cm³/mol. The number of amides is 2. The number of anilines is 2. The standard InChI is InChI=1S/C19H18ClN3O3S/c1-11-5-8-16(26-11)17(24)21-12-6-7-14(13(20)10-12)23-18(25)15-4-2-3-9-22(15)19(23)27/h5-8,10,15H,2-4,9H2,1H3,(H,21,24).